The first-order chi connectivity index (χ1) is 21.0. The van der Waals surface area contributed by atoms with Crippen LogP contribution in [-0.4, -0.2) is 83.1 Å². The first-order valence-electron chi connectivity index (χ1n) is 16.2. The molecule has 2 atom stereocenters. The smallest absolute Gasteiger partial charge is 0.246 e. The summed E-state index contributed by atoms with van der Waals surface area (Å²) < 4.78 is 40.3. The van der Waals surface area contributed by atoms with E-state index >= 15 is 0 Å². The van der Waals surface area contributed by atoms with Crippen molar-refractivity contribution in [2.45, 2.75) is 89.2 Å². The lowest BCUT2D eigenvalue weighted by Crippen LogP contribution is -2.44. The normalized spacial score (nSPS) is 22.1. The second-order valence-corrected chi connectivity index (χ2v) is 14.9. The lowest BCUT2D eigenvalue weighted by molar-refractivity contribution is -0.128. The average Bonchev–Trinajstić information content (AvgIpc) is 3.02. The van der Waals surface area contributed by atoms with E-state index < -0.39 is 10.0 Å². The summed E-state index contributed by atoms with van der Waals surface area (Å²) >= 11 is 0. The number of nitrogens with one attached hydrogen (secondary N) is 1. The van der Waals surface area contributed by atoms with E-state index in [0.717, 1.165) is 31.2 Å². The lowest BCUT2D eigenvalue weighted by Gasteiger charge is -2.37. The van der Waals surface area contributed by atoms with Crippen LogP contribution >= 0.6 is 0 Å². The van der Waals surface area contributed by atoms with E-state index in [-0.39, 0.29) is 25.2 Å². The second-order valence-electron chi connectivity index (χ2n) is 13.1. The number of hydrogen-bond donors (Lipinski definition) is 1. The maximum Gasteiger partial charge on any atom is 0.246 e. The zero-order chi connectivity index (χ0) is 31.9. The van der Waals surface area contributed by atoms with E-state index in [9.17, 15) is 13.2 Å². The highest BCUT2D eigenvalue weighted by molar-refractivity contribution is 7.89. The van der Waals surface area contributed by atoms with E-state index in [0.29, 0.717) is 59.2 Å². The molecule has 0 aromatic heterocycles. The van der Waals surface area contributed by atoms with Crippen molar-refractivity contribution in [3.05, 3.63) is 58.7 Å². The summed E-state index contributed by atoms with van der Waals surface area (Å²) in [6.45, 7) is 6.85. The minimum Gasteiger partial charge on any atom is -0.496 e. The van der Waals surface area contributed by atoms with E-state index in [4.69, 9.17) is 9.47 Å². The first-order valence-corrected chi connectivity index (χ1v) is 17.7. The van der Waals surface area contributed by atoms with Gasteiger partial charge in [0.25, 0.3) is 0 Å². The van der Waals surface area contributed by atoms with Crippen molar-refractivity contribution in [1.82, 2.24) is 14.5 Å². The molecule has 4 rings (SSSR count). The predicted molar refractivity (Wildman–Crippen MR) is 176 cm³/mol. The fourth-order valence-corrected chi connectivity index (χ4v) is 9.17. The van der Waals surface area contributed by atoms with E-state index in [1.807, 2.05) is 20.8 Å². The molecule has 8 nitrogen and oxygen atoms in total. The van der Waals surface area contributed by atoms with Crippen LogP contribution in [0.1, 0.15) is 67.2 Å². The minimum atomic E-state index is -3.71. The molecule has 1 aliphatic carbocycles. The van der Waals surface area contributed by atoms with Crippen LogP contribution in [0.3, 0.4) is 0 Å². The number of ether oxygens (including phenoxy) is 2. The Labute approximate surface area is 265 Å². The van der Waals surface area contributed by atoms with Gasteiger partial charge in [0, 0.05) is 25.7 Å². The molecule has 0 bridgehead atoms. The van der Waals surface area contributed by atoms with Gasteiger partial charge in [-0.15, -0.1) is 0 Å². The third-order valence-corrected chi connectivity index (χ3v) is 12.0. The number of aryl methyl sites for hydroxylation is 2. The molecule has 2 unspecified atom stereocenters. The van der Waals surface area contributed by atoms with Gasteiger partial charge in [0.05, 0.1) is 18.1 Å². The molecule has 1 aliphatic heterocycles. The van der Waals surface area contributed by atoms with Gasteiger partial charge in [0.1, 0.15) is 12.4 Å². The molecule has 0 spiro atoms. The summed E-state index contributed by atoms with van der Waals surface area (Å²) in [7, 11) is 2.29. The maximum absolute atomic E-state index is 13.7. The van der Waals surface area contributed by atoms with Crippen molar-refractivity contribution in [3.8, 4) is 5.75 Å². The molecule has 0 radical (unpaired) electrons. The summed E-state index contributed by atoms with van der Waals surface area (Å²) in [4.78, 5) is 15.4. The third-order valence-electron chi connectivity index (χ3n) is 9.85. The summed E-state index contributed by atoms with van der Waals surface area (Å²) in [6.07, 6.45) is 8.02. The number of carbonyl (C=O) groups is 1. The number of piperidine rings is 1. The van der Waals surface area contributed by atoms with Crippen molar-refractivity contribution in [2.24, 2.45) is 11.8 Å². The average molecular weight is 628 g/mol. The summed E-state index contributed by atoms with van der Waals surface area (Å²) in [5.74, 6) is 1.74. The number of nitrogens with zero attached hydrogens (tertiary/aromatic N) is 2. The van der Waals surface area contributed by atoms with Gasteiger partial charge in [-0.25, -0.2) is 8.42 Å². The standard InChI is InChI=1S/C35H53N3O5S/c1-25-21-33(42-6)26(2)27(3)35(25)44(40,41)38-20-10-13-31(23-38)43-24-34(39)36-22-29-14-17-30(18-15-29)32(37(4)5)19-16-28-11-8-7-9-12-28/h7-9,11-12,21,29-32H,10,13-20,22-24H2,1-6H3,(H,36,39). The topological polar surface area (TPSA) is 88.2 Å². The molecule has 1 amide bonds. The SMILES string of the molecule is COc1cc(C)c(S(=O)(=O)N2CCCC(OCC(=O)NCC3CCC(C(CCc4ccccc4)N(C)C)CC3)C2)c(C)c1C. The Hall–Kier alpha value is -2.46. The highest BCUT2D eigenvalue weighted by Gasteiger charge is 2.34. The van der Waals surface area contributed by atoms with Crippen LogP contribution in [0.4, 0.5) is 0 Å². The highest BCUT2D eigenvalue weighted by Crippen LogP contribution is 2.35. The number of rotatable bonds is 13. The summed E-state index contributed by atoms with van der Waals surface area (Å²) in [5.41, 5.74) is 3.61. The van der Waals surface area contributed by atoms with Crippen LogP contribution in [-0.2, 0) is 26.0 Å². The number of benzene rings is 2. The van der Waals surface area contributed by atoms with Crippen LogP contribution in [0, 0.1) is 32.6 Å². The predicted octanol–water partition coefficient (Wildman–Crippen LogP) is 5.28. The van der Waals surface area contributed by atoms with Crippen molar-refractivity contribution >= 4 is 15.9 Å². The molecule has 1 saturated carbocycles. The first kappa shape index (κ1) is 34.4. The van der Waals surface area contributed by atoms with E-state index in [2.05, 4.69) is 54.6 Å². The van der Waals surface area contributed by atoms with Crippen molar-refractivity contribution in [1.29, 1.82) is 0 Å². The fourth-order valence-electron chi connectivity index (χ4n) is 7.17. The van der Waals surface area contributed by atoms with Gasteiger partial charge in [-0.1, -0.05) is 30.3 Å². The van der Waals surface area contributed by atoms with Crippen LogP contribution < -0.4 is 10.1 Å². The quantitative estimate of drug-likeness (QED) is 0.325. The molecule has 9 heteroatoms. The van der Waals surface area contributed by atoms with Gasteiger partial charge in [0.15, 0.2) is 0 Å². The minimum absolute atomic E-state index is 0.0458. The van der Waals surface area contributed by atoms with Gasteiger partial charge in [0.2, 0.25) is 15.9 Å². The van der Waals surface area contributed by atoms with Crippen molar-refractivity contribution in [3.63, 3.8) is 0 Å². The monoisotopic (exact) mass is 627 g/mol. The van der Waals surface area contributed by atoms with Gasteiger partial charge in [-0.2, -0.15) is 4.31 Å². The van der Waals surface area contributed by atoms with Crippen LogP contribution in [0.15, 0.2) is 41.3 Å². The summed E-state index contributed by atoms with van der Waals surface area (Å²) in [5, 5.41) is 3.09. The third kappa shape index (κ3) is 8.62. The largest absolute Gasteiger partial charge is 0.496 e. The van der Waals surface area contributed by atoms with Gasteiger partial charge in [-0.05, 0) is 126 Å². The lowest BCUT2D eigenvalue weighted by atomic mass is 9.76. The molecule has 44 heavy (non-hydrogen) atoms. The molecule has 2 aliphatic rings. The van der Waals surface area contributed by atoms with Gasteiger partial charge >= 0.3 is 0 Å². The highest BCUT2D eigenvalue weighted by atomic mass is 32.2. The summed E-state index contributed by atoms with van der Waals surface area (Å²) in [6, 6.07) is 13.1. The number of amides is 1. The Kier molecular flexibility index (Phi) is 12.3. The Morgan fingerprint density at radius 2 is 1.75 bits per heavy atom. The fraction of sp³-hybridized carbons (Fsp3) is 0.629. The number of hydrogen-bond acceptors (Lipinski definition) is 6. The second kappa shape index (κ2) is 15.7. The van der Waals surface area contributed by atoms with Gasteiger partial charge < -0.3 is 19.7 Å². The Morgan fingerprint density at radius 1 is 1.05 bits per heavy atom. The molecular weight excluding hydrogens is 574 g/mol. The van der Waals surface area contributed by atoms with Crippen molar-refractivity contribution < 1.29 is 22.7 Å². The number of methoxy groups -OCH3 is 1. The van der Waals surface area contributed by atoms with Gasteiger partial charge in [-0.3, -0.25) is 4.79 Å². The maximum atomic E-state index is 13.7. The number of carbonyl (C=O) groups excluding carboxylic acids is 1. The molecule has 1 saturated heterocycles. The van der Waals surface area contributed by atoms with Crippen LogP contribution in [0.5, 0.6) is 5.75 Å². The molecule has 2 fully saturated rings. The molecule has 2 aromatic carbocycles. The van der Waals surface area contributed by atoms with Crippen LogP contribution in [0.2, 0.25) is 0 Å². The van der Waals surface area contributed by atoms with Crippen LogP contribution in [0.25, 0.3) is 0 Å². The molecular formula is C35H53N3O5S. The van der Waals surface area contributed by atoms with E-state index in [1.54, 1.807) is 13.2 Å². The Bertz CT molecular complexity index is 1340. The molecule has 1 heterocycles. The number of sulfonamides is 1. The zero-order valence-corrected chi connectivity index (χ0v) is 28.4. The van der Waals surface area contributed by atoms with Crippen molar-refractivity contribution in [2.75, 3.05) is 47.4 Å². The molecule has 1 N–H and O–H groups in total. The molecule has 244 valence electrons. The molecule has 2 aromatic rings. The van der Waals surface area contributed by atoms with E-state index in [1.165, 1.54) is 29.1 Å². The Balaban J connectivity index is 1.21. The Morgan fingerprint density at radius 3 is 2.41 bits per heavy atom. The zero-order valence-electron chi connectivity index (χ0n) is 27.6.